The summed E-state index contributed by atoms with van der Waals surface area (Å²) in [6, 6.07) is 4.80. The van der Waals surface area contributed by atoms with Crippen molar-refractivity contribution in [3.05, 3.63) is 57.0 Å². The number of rotatable bonds is 4. The number of amides is 1. The number of likely N-dealkylation sites (tertiary alicyclic amines) is 1. The van der Waals surface area contributed by atoms with Crippen LogP contribution in [-0.2, 0) is 5.54 Å². The Morgan fingerprint density at radius 2 is 2.07 bits per heavy atom. The number of benzene rings is 1. The number of carbonyl (C=O) groups is 2. The zero-order valence-electron chi connectivity index (χ0n) is 15.1. The highest BCUT2D eigenvalue weighted by molar-refractivity contribution is 7.13. The number of nitrogens with zero attached hydrogens (tertiary/aromatic N) is 3. The zero-order chi connectivity index (χ0) is 19.5. The maximum Gasteiger partial charge on any atom is 0.335 e. The highest BCUT2D eigenvalue weighted by Gasteiger charge is 2.66. The number of aromatic carboxylic acids is 1. The molecular weight excluding hydrogens is 394 g/mol. The molecule has 8 heteroatoms. The summed E-state index contributed by atoms with van der Waals surface area (Å²) in [5, 5.41) is 15.1. The molecule has 1 amide bonds. The molecule has 3 aromatic rings. The number of carboxylic acid groups (broad SMARTS) is 1. The van der Waals surface area contributed by atoms with Crippen LogP contribution in [0.25, 0.3) is 10.6 Å². The lowest BCUT2D eigenvalue weighted by Crippen LogP contribution is -2.38. The highest BCUT2D eigenvalue weighted by Crippen LogP contribution is 2.63. The molecule has 142 valence electrons. The second-order valence-corrected chi connectivity index (χ2v) is 9.06. The number of piperidine rings is 1. The first-order chi connectivity index (χ1) is 13.5. The highest BCUT2D eigenvalue weighted by atomic mass is 32.1. The van der Waals surface area contributed by atoms with Gasteiger partial charge < -0.3 is 10.0 Å². The van der Waals surface area contributed by atoms with E-state index in [0.717, 1.165) is 23.5 Å². The zero-order valence-corrected chi connectivity index (χ0v) is 16.7. The standard InChI is InChI=1S/C20H17N3O3S2/c1-11-10-28-19(22-11)20-9-15(20)2-4-23(20)17(24)13-6-12(16-21-3-5-27-16)7-14(8-13)18(25)26/h3,5-8,10,15H,2,4,9H2,1H3,(H,25,26)/t15-,20?/m1/s1. The first kappa shape index (κ1) is 17.5. The van der Waals surface area contributed by atoms with Gasteiger partial charge in [0, 0.05) is 40.3 Å². The molecule has 2 aliphatic rings. The molecule has 28 heavy (non-hydrogen) atoms. The van der Waals surface area contributed by atoms with E-state index in [1.165, 1.54) is 17.4 Å². The molecule has 1 saturated heterocycles. The molecule has 0 bridgehead atoms. The maximum absolute atomic E-state index is 13.5. The maximum atomic E-state index is 13.5. The second-order valence-electron chi connectivity index (χ2n) is 7.31. The van der Waals surface area contributed by atoms with E-state index in [9.17, 15) is 14.7 Å². The fourth-order valence-electron chi connectivity index (χ4n) is 4.21. The Balaban J connectivity index is 1.56. The van der Waals surface area contributed by atoms with E-state index >= 15 is 0 Å². The average Bonchev–Trinajstić information content (AvgIpc) is 3.14. The van der Waals surface area contributed by atoms with Crippen LogP contribution < -0.4 is 0 Å². The van der Waals surface area contributed by atoms with E-state index in [1.54, 1.807) is 29.7 Å². The van der Waals surface area contributed by atoms with Gasteiger partial charge in [0.15, 0.2) is 0 Å². The summed E-state index contributed by atoms with van der Waals surface area (Å²) < 4.78 is 0. The predicted octanol–water partition coefficient (Wildman–Crippen LogP) is 4.03. The van der Waals surface area contributed by atoms with Crippen molar-refractivity contribution in [3.63, 3.8) is 0 Å². The Bertz CT molecular complexity index is 1090. The molecule has 1 unspecified atom stereocenters. The summed E-state index contributed by atoms with van der Waals surface area (Å²) in [6.07, 6.45) is 3.57. The molecule has 1 saturated carbocycles. The Labute approximate surface area is 169 Å². The summed E-state index contributed by atoms with van der Waals surface area (Å²) in [5.41, 5.74) is 1.81. The Hall–Kier alpha value is -2.58. The van der Waals surface area contributed by atoms with Crippen molar-refractivity contribution in [1.29, 1.82) is 0 Å². The van der Waals surface area contributed by atoms with Gasteiger partial charge >= 0.3 is 5.97 Å². The number of hydrogen-bond donors (Lipinski definition) is 1. The number of aryl methyl sites for hydroxylation is 1. The van der Waals surface area contributed by atoms with Crippen molar-refractivity contribution in [2.45, 2.75) is 25.3 Å². The van der Waals surface area contributed by atoms with Crippen LogP contribution in [0, 0.1) is 12.8 Å². The number of hydrogen-bond acceptors (Lipinski definition) is 6. The van der Waals surface area contributed by atoms with Gasteiger partial charge in [-0.1, -0.05) is 0 Å². The average molecular weight is 412 g/mol. The third-order valence-corrected chi connectivity index (χ3v) is 7.55. The van der Waals surface area contributed by atoms with Gasteiger partial charge in [-0.15, -0.1) is 22.7 Å². The first-order valence-corrected chi connectivity index (χ1v) is 10.8. The number of aromatic nitrogens is 2. The van der Waals surface area contributed by atoms with E-state index < -0.39 is 5.97 Å². The quantitative estimate of drug-likeness (QED) is 0.701. The summed E-state index contributed by atoms with van der Waals surface area (Å²) in [6.45, 7) is 2.64. The van der Waals surface area contributed by atoms with E-state index in [4.69, 9.17) is 0 Å². The SMILES string of the molecule is Cc1csc(C23C[C@H]2CCN3C(=O)c2cc(C(=O)O)cc(-c3nccs3)c2)n1. The molecule has 1 aromatic carbocycles. The van der Waals surface area contributed by atoms with Gasteiger partial charge in [-0.25, -0.2) is 14.8 Å². The minimum Gasteiger partial charge on any atom is -0.478 e. The summed E-state index contributed by atoms with van der Waals surface area (Å²) in [5.74, 6) is -0.736. The number of thiazole rings is 2. The molecule has 1 aliphatic carbocycles. The molecule has 1 N–H and O–H groups in total. The van der Waals surface area contributed by atoms with E-state index in [0.29, 0.717) is 28.6 Å². The smallest absolute Gasteiger partial charge is 0.335 e. The van der Waals surface area contributed by atoms with Gasteiger partial charge in [0.05, 0.1) is 11.1 Å². The fraction of sp³-hybridized carbons (Fsp3) is 0.300. The second kappa shape index (κ2) is 6.22. The van der Waals surface area contributed by atoms with Gasteiger partial charge in [0.25, 0.3) is 5.91 Å². The van der Waals surface area contributed by atoms with Crippen LogP contribution in [0.5, 0.6) is 0 Å². The van der Waals surface area contributed by atoms with E-state index in [-0.39, 0.29) is 17.0 Å². The van der Waals surface area contributed by atoms with Gasteiger partial charge in [0.2, 0.25) is 0 Å². The molecule has 6 nitrogen and oxygen atoms in total. The largest absolute Gasteiger partial charge is 0.478 e. The van der Waals surface area contributed by atoms with Crippen molar-refractivity contribution in [1.82, 2.24) is 14.9 Å². The van der Waals surface area contributed by atoms with Crippen molar-refractivity contribution in [2.75, 3.05) is 6.54 Å². The molecule has 0 spiro atoms. The molecule has 5 rings (SSSR count). The summed E-state index contributed by atoms with van der Waals surface area (Å²) >= 11 is 3.02. The van der Waals surface area contributed by atoms with Crippen LogP contribution in [0.4, 0.5) is 0 Å². The van der Waals surface area contributed by atoms with Crippen LogP contribution in [0.1, 0.15) is 44.3 Å². The number of carboxylic acids is 1. The molecular formula is C20H17N3O3S2. The van der Waals surface area contributed by atoms with Crippen molar-refractivity contribution in [2.24, 2.45) is 5.92 Å². The lowest BCUT2D eigenvalue weighted by atomic mass is 10.0. The van der Waals surface area contributed by atoms with Crippen LogP contribution in [0.3, 0.4) is 0 Å². The lowest BCUT2D eigenvalue weighted by molar-refractivity contribution is 0.0688. The van der Waals surface area contributed by atoms with Gasteiger partial charge in [0.1, 0.15) is 10.0 Å². The minimum absolute atomic E-state index is 0.0988. The minimum atomic E-state index is -1.05. The van der Waals surface area contributed by atoms with E-state index in [2.05, 4.69) is 9.97 Å². The number of fused-ring (bicyclic) bond motifs is 1. The van der Waals surface area contributed by atoms with E-state index in [1.807, 2.05) is 22.6 Å². The topological polar surface area (TPSA) is 83.4 Å². The molecule has 1 aliphatic heterocycles. The van der Waals surface area contributed by atoms with Crippen LogP contribution >= 0.6 is 22.7 Å². The molecule has 2 atom stereocenters. The Morgan fingerprint density at radius 3 is 2.71 bits per heavy atom. The summed E-state index contributed by atoms with van der Waals surface area (Å²) in [7, 11) is 0. The fourth-order valence-corrected chi connectivity index (χ4v) is 5.93. The molecule has 0 radical (unpaired) electrons. The van der Waals surface area contributed by atoms with Crippen molar-refractivity contribution < 1.29 is 14.7 Å². The third kappa shape index (κ3) is 2.59. The lowest BCUT2D eigenvalue weighted by Gasteiger charge is -2.27. The molecule has 3 heterocycles. The number of carbonyl (C=O) groups excluding carboxylic acids is 1. The van der Waals surface area contributed by atoms with Crippen molar-refractivity contribution in [3.8, 4) is 10.6 Å². The molecule has 2 fully saturated rings. The Kier molecular flexibility index (Phi) is 3.89. The van der Waals surface area contributed by atoms with Gasteiger partial charge in [-0.3, -0.25) is 4.79 Å². The monoisotopic (exact) mass is 411 g/mol. The normalized spacial score (nSPS) is 22.9. The predicted molar refractivity (Wildman–Crippen MR) is 107 cm³/mol. The van der Waals surface area contributed by atoms with Crippen LogP contribution in [-0.4, -0.2) is 38.4 Å². The van der Waals surface area contributed by atoms with Crippen molar-refractivity contribution >= 4 is 34.6 Å². The Morgan fingerprint density at radius 1 is 1.25 bits per heavy atom. The first-order valence-electron chi connectivity index (χ1n) is 9.02. The van der Waals surface area contributed by atoms with Gasteiger partial charge in [-0.2, -0.15) is 0 Å². The van der Waals surface area contributed by atoms with Crippen LogP contribution in [0.2, 0.25) is 0 Å². The third-order valence-electron chi connectivity index (χ3n) is 5.60. The van der Waals surface area contributed by atoms with Gasteiger partial charge in [-0.05, 0) is 43.9 Å². The van der Waals surface area contributed by atoms with Crippen LogP contribution in [0.15, 0.2) is 35.2 Å². The molecule has 2 aromatic heterocycles. The summed E-state index contributed by atoms with van der Waals surface area (Å²) in [4.78, 5) is 35.9.